The smallest absolute Gasteiger partial charge is 0.414 e. The van der Waals surface area contributed by atoms with Gasteiger partial charge in [0, 0.05) is 24.4 Å². The molecule has 2 aromatic carbocycles. The van der Waals surface area contributed by atoms with Crippen LogP contribution in [0, 0.1) is 6.92 Å². The maximum absolute atomic E-state index is 12.7. The number of amides is 1. The first-order chi connectivity index (χ1) is 14.3. The van der Waals surface area contributed by atoms with Crippen LogP contribution in [0.5, 0.6) is 5.75 Å². The lowest BCUT2D eigenvalue weighted by Gasteiger charge is -2.25. The van der Waals surface area contributed by atoms with Crippen LogP contribution in [0.25, 0.3) is 10.1 Å². The van der Waals surface area contributed by atoms with Crippen molar-refractivity contribution in [3.63, 3.8) is 0 Å². The van der Waals surface area contributed by atoms with Crippen LogP contribution in [0.2, 0.25) is 0 Å². The molecule has 6 heteroatoms. The van der Waals surface area contributed by atoms with E-state index in [0.717, 1.165) is 28.1 Å². The summed E-state index contributed by atoms with van der Waals surface area (Å²) in [6.07, 6.45) is 2.01. The highest BCUT2D eigenvalue weighted by Gasteiger charge is 2.32. The van der Waals surface area contributed by atoms with Gasteiger partial charge in [0.1, 0.15) is 18.0 Å². The number of halogens is 1. The molecule has 1 aromatic heterocycles. The molecule has 160 valence electrons. The van der Waals surface area contributed by atoms with Crippen molar-refractivity contribution in [2.45, 2.75) is 46.3 Å². The zero-order chi connectivity index (χ0) is 21.9. The van der Waals surface area contributed by atoms with Crippen molar-refractivity contribution < 1.29 is 14.3 Å². The van der Waals surface area contributed by atoms with Crippen molar-refractivity contribution >= 4 is 44.8 Å². The number of hydrogen-bond acceptors (Lipinski definition) is 4. The van der Waals surface area contributed by atoms with Crippen LogP contribution in [0.4, 0.5) is 10.5 Å². The minimum atomic E-state index is -0.519. The molecule has 0 fully saturated rings. The standard InChI is InChI=1S/C23H25NO3S.CH3Cl/c1-15-14-28-21-19(26-13-16-8-6-5-7-9-16)12-18-17(20(15)21)10-11-24(18)22(25)27-23(2,3)4;1-2/h5-9,12,14H,10-11,13H2,1-4H3;1H3. The van der Waals surface area contributed by atoms with E-state index in [9.17, 15) is 4.79 Å². The zero-order valence-electron chi connectivity index (χ0n) is 18.1. The van der Waals surface area contributed by atoms with E-state index in [1.807, 2.05) is 45.0 Å². The van der Waals surface area contributed by atoms with Gasteiger partial charge >= 0.3 is 6.09 Å². The molecule has 30 heavy (non-hydrogen) atoms. The van der Waals surface area contributed by atoms with Crippen LogP contribution in [-0.4, -0.2) is 24.6 Å². The van der Waals surface area contributed by atoms with Gasteiger partial charge in [0.2, 0.25) is 0 Å². The van der Waals surface area contributed by atoms with E-state index in [1.165, 1.54) is 22.9 Å². The van der Waals surface area contributed by atoms with Crippen LogP contribution < -0.4 is 9.64 Å². The van der Waals surface area contributed by atoms with Gasteiger partial charge in [0.15, 0.2) is 0 Å². The number of ether oxygens (including phenoxy) is 2. The second-order valence-electron chi connectivity index (χ2n) is 8.15. The summed E-state index contributed by atoms with van der Waals surface area (Å²) >= 11 is 6.34. The Morgan fingerprint density at radius 2 is 1.90 bits per heavy atom. The molecule has 0 unspecified atom stereocenters. The molecule has 0 spiro atoms. The van der Waals surface area contributed by atoms with Gasteiger partial charge in [-0.3, -0.25) is 4.90 Å². The monoisotopic (exact) mass is 445 g/mol. The number of thiophene rings is 1. The number of fused-ring (bicyclic) bond motifs is 3. The lowest BCUT2D eigenvalue weighted by molar-refractivity contribution is 0.0584. The predicted octanol–water partition coefficient (Wildman–Crippen LogP) is 6.94. The molecule has 3 aromatic rings. The molecule has 0 saturated heterocycles. The minimum Gasteiger partial charge on any atom is -0.487 e. The summed E-state index contributed by atoms with van der Waals surface area (Å²) in [4.78, 5) is 14.5. The highest BCUT2D eigenvalue weighted by Crippen LogP contribution is 2.44. The van der Waals surface area contributed by atoms with E-state index in [2.05, 4.69) is 36.0 Å². The van der Waals surface area contributed by atoms with Crippen molar-refractivity contribution in [2.75, 3.05) is 17.8 Å². The third kappa shape index (κ3) is 4.73. The van der Waals surface area contributed by atoms with Crippen LogP contribution >= 0.6 is 22.9 Å². The Morgan fingerprint density at radius 3 is 2.57 bits per heavy atom. The topological polar surface area (TPSA) is 38.8 Å². The number of alkyl halides is 1. The van der Waals surface area contributed by atoms with Crippen molar-refractivity contribution in [3.8, 4) is 5.75 Å². The van der Waals surface area contributed by atoms with Gasteiger partial charge in [-0.25, -0.2) is 4.79 Å². The number of carbonyl (C=O) groups excluding carboxylic acids is 1. The van der Waals surface area contributed by atoms with Gasteiger partial charge in [0.05, 0.1) is 10.4 Å². The molecule has 0 atom stereocenters. The van der Waals surface area contributed by atoms with E-state index in [4.69, 9.17) is 9.47 Å². The fourth-order valence-electron chi connectivity index (χ4n) is 3.59. The maximum Gasteiger partial charge on any atom is 0.414 e. The number of benzene rings is 2. The highest BCUT2D eigenvalue weighted by molar-refractivity contribution is 7.17. The maximum atomic E-state index is 12.7. The molecule has 0 bridgehead atoms. The van der Waals surface area contributed by atoms with Crippen LogP contribution in [0.3, 0.4) is 0 Å². The van der Waals surface area contributed by atoms with E-state index in [1.54, 1.807) is 16.2 Å². The average molecular weight is 446 g/mol. The number of anilines is 1. The molecule has 0 aliphatic carbocycles. The molecule has 4 nitrogen and oxygen atoms in total. The summed E-state index contributed by atoms with van der Waals surface area (Å²) in [6, 6.07) is 12.1. The van der Waals surface area contributed by atoms with E-state index in [-0.39, 0.29) is 6.09 Å². The fourth-order valence-corrected chi connectivity index (χ4v) is 4.64. The molecular formula is C24H28ClNO3S. The van der Waals surface area contributed by atoms with E-state index in [0.29, 0.717) is 13.2 Å². The lowest BCUT2D eigenvalue weighted by Crippen LogP contribution is -2.35. The fraction of sp³-hybridized carbons (Fsp3) is 0.375. The average Bonchev–Trinajstić information content (AvgIpc) is 3.31. The Hall–Kier alpha value is -2.24. The third-order valence-corrected chi connectivity index (χ3v) is 5.92. The molecule has 1 aliphatic heterocycles. The number of carbonyl (C=O) groups is 1. The van der Waals surface area contributed by atoms with Gasteiger partial charge in [-0.2, -0.15) is 0 Å². The van der Waals surface area contributed by atoms with Gasteiger partial charge in [-0.1, -0.05) is 30.3 Å². The number of hydrogen-bond donors (Lipinski definition) is 0. The van der Waals surface area contributed by atoms with Gasteiger partial charge in [0.25, 0.3) is 0 Å². The molecule has 4 rings (SSSR count). The Labute approximate surface area is 187 Å². The first-order valence-corrected chi connectivity index (χ1v) is 11.6. The molecule has 0 radical (unpaired) electrons. The Morgan fingerprint density at radius 1 is 1.20 bits per heavy atom. The Bertz CT molecular complexity index is 1020. The van der Waals surface area contributed by atoms with E-state index >= 15 is 0 Å². The third-order valence-electron chi connectivity index (χ3n) is 4.80. The van der Waals surface area contributed by atoms with Gasteiger partial charge in [-0.15, -0.1) is 22.9 Å². The van der Waals surface area contributed by atoms with Crippen LogP contribution in [0.1, 0.15) is 37.5 Å². The van der Waals surface area contributed by atoms with Crippen LogP contribution in [-0.2, 0) is 17.8 Å². The van der Waals surface area contributed by atoms with E-state index < -0.39 is 5.60 Å². The van der Waals surface area contributed by atoms with Crippen molar-refractivity contribution in [3.05, 3.63) is 58.5 Å². The summed E-state index contributed by atoms with van der Waals surface area (Å²) in [5, 5.41) is 3.38. The summed E-state index contributed by atoms with van der Waals surface area (Å²) in [5.74, 6) is 0.825. The normalized spacial score (nSPS) is 12.9. The summed E-state index contributed by atoms with van der Waals surface area (Å²) in [6.45, 7) is 8.93. The first kappa shape index (κ1) is 22.4. The number of aryl methyl sites for hydroxylation is 1. The van der Waals surface area contributed by atoms with Gasteiger partial charge < -0.3 is 9.47 Å². The van der Waals surface area contributed by atoms with Gasteiger partial charge in [-0.05, 0) is 56.2 Å². The van der Waals surface area contributed by atoms with Crippen molar-refractivity contribution in [2.24, 2.45) is 0 Å². The summed E-state index contributed by atoms with van der Waals surface area (Å²) in [5.41, 5.74) is 3.95. The predicted molar refractivity (Wildman–Crippen MR) is 126 cm³/mol. The molecular weight excluding hydrogens is 418 g/mol. The number of nitrogens with zero attached hydrogens (tertiary/aromatic N) is 1. The second kappa shape index (κ2) is 9.27. The second-order valence-corrected chi connectivity index (χ2v) is 9.03. The molecule has 2 heterocycles. The molecule has 1 amide bonds. The van der Waals surface area contributed by atoms with Crippen molar-refractivity contribution in [1.82, 2.24) is 0 Å². The lowest BCUT2D eigenvalue weighted by atomic mass is 10.0. The number of rotatable bonds is 3. The SMILES string of the molecule is CCl.Cc1csc2c(OCc3ccccc3)cc3c(c12)CCN3C(=O)OC(C)(C)C. The Kier molecular flexibility index (Phi) is 6.94. The van der Waals surface area contributed by atoms with Crippen LogP contribution in [0.15, 0.2) is 41.8 Å². The van der Waals surface area contributed by atoms with Crippen molar-refractivity contribution in [1.29, 1.82) is 0 Å². The minimum absolute atomic E-state index is 0.299. The summed E-state index contributed by atoms with van der Waals surface area (Å²) in [7, 11) is 0. The molecule has 0 saturated carbocycles. The summed E-state index contributed by atoms with van der Waals surface area (Å²) < 4.78 is 13.0. The Balaban J connectivity index is 0.00000124. The largest absolute Gasteiger partial charge is 0.487 e. The quantitative estimate of drug-likeness (QED) is 0.410. The molecule has 0 N–H and O–H groups in total. The highest BCUT2D eigenvalue weighted by atomic mass is 35.5. The zero-order valence-corrected chi connectivity index (χ0v) is 19.7. The molecule has 1 aliphatic rings. The first-order valence-electron chi connectivity index (χ1n) is 9.92.